The highest BCUT2D eigenvalue weighted by molar-refractivity contribution is 7.89. The fraction of sp³-hybridized carbons (Fsp3) is 0.667. The molecular formula is C24H37N3O4S. The Bertz CT molecular complexity index is 934. The Balaban J connectivity index is 2.00. The molecule has 1 N–H and O–H groups in total. The number of nitrogens with one attached hydrogen (secondary N) is 1. The van der Waals surface area contributed by atoms with Crippen molar-refractivity contribution >= 4 is 27.5 Å². The van der Waals surface area contributed by atoms with E-state index in [0.29, 0.717) is 12.1 Å². The second-order valence-electron chi connectivity index (χ2n) is 9.59. The third-order valence-electron chi connectivity index (χ3n) is 6.54. The van der Waals surface area contributed by atoms with E-state index in [9.17, 15) is 18.0 Å². The molecule has 0 bridgehead atoms. The highest BCUT2D eigenvalue weighted by Crippen LogP contribution is 2.32. The van der Waals surface area contributed by atoms with Crippen molar-refractivity contribution in [1.29, 1.82) is 0 Å². The van der Waals surface area contributed by atoms with Gasteiger partial charge in [0.15, 0.2) is 0 Å². The number of carbonyl (C=O) groups excluding carboxylic acids is 2. The van der Waals surface area contributed by atoms with Crippen LogP contribution in [0, 0.1) is 13.8 Å². The Morgan fingerprint density at radius 2 is 1.69 bits per heavy atom. The maximum atomic E-state index is 13.7. The lowest BCUT2D eigenvalue weighted by Gasteiger charge is -2.47. The van der Waals surface area contributed by atoms with Crippen molar-refractivity contribution < 1.29 is 18.0 Å². The van der Waals surface area contributed by atoms with E-state index in [2.05, 4.69) is 5.32 Å². The van der Waals surface area contributed by atoms with Gasteiger partial charge in [-0.05, 0) is 63.3 Å². The number of hydrogen-bond acceptors (Lipinski definition) is 4. The van der Waals surface area contributed by atoms with Crippen LogP contribution < -0.4 is 10.2 Å². The molecule has 1 aliphatic heterocycles. The van der Waals surface area contributed by atoms with Gasteiger partial charge in [0.25, 0.3) is 0 Å². The number of amides is 2. The Labute approximate surface area is 192 Å². The van der Waals surface area contributed by atoms with E-state index in [-0.39, 0.29) is 36.7 Å². The van der Waals surface area contributed by atoms with Crippen molar-refractivity contribution in [2.24, 2.45) is 0 Å². The molecule has 0 aromatic heterocycles. The molecule has 178 valence electrons. The number of carbonyl (C=O) groups is 2. The first kappa shape index (κ1) is 24.7. The van der Waals surface area contributed by atoms with Gasteiger partial charge >= 0.3 is 0 Å². The van der Waals surface area contributed by atoms with Gasteiger partial charge in [-0.25, -0.2) is 8.42 Å². The molecule has 1 saturated heterocycles. The van der Waals surface area contributed by atoms with Crippen LogP contribution in [0.5, 0.6) is 0 Å². The second-order valence-corrected chi connectivity index (χ2v) is 11.7. The van der Waals surface area contributed by atoms with E-state index in [1.165, 1.54) is 22.0 Å². The van der Waals surface area contributed by atoms with Crippen molar-refractivity contribution in [3.63, 3.8) is 0 Å². The molecule has 2 fully saturated rings. The van der Waals surface area contributed by atoms with Crippen LogP contribution in [0.15, 0.2) is 18.2 Å². The smallest absolute Gasteiger partial charge is 0.247 e. The number of piperazine rings is 1. The summed E-state index contributed by atoms with van der Waals surface area (Å²) in [6, 6.07) is 5.84. The highest BCUT2D eigenvalue weighted by Gasteiger charge is 2.51. The highest BCUT2D eigenvalue weighted by atomic mass is 32.2. The van der Waals surface area contributed by atoms with Crippen LogP contribution in [0.25, 0.3) is 0 Å². The van der Waals surface area contributed by atoms with E-state index in [1.807, 2.05) is 32.0 Å². The first-order chi connectivity index (χ1) is 15.1. The van der Waals surface area contributed by atoms with E-state index in [1.54, 1.807) is 13.8 Å². The summed E-state index contributed by atoms with van der Waals surface area (Å²) < 4.78 is 26.9. The molecule has 0 unspecified atom stereocenters. The van der Waals surface area contributed by atoms with Gasteiger partial charge in [-0.2, -0.15) is 4.31 Å². The van der Waals surface area contributed by atoms with Gasteiger partial charge in [0.1, 0.15) is 5.54 Å². The largest absolute Gasteiger partial charge is 0.351 e. The number of anilines is 1. The van der Waals surface area contributed by atoms with Crippen molar-refractivity contribution in [3.8, 4) is 0 Å². The van der Waals surface area contributed by atoms with Gasteiger partial charge in [-0.1, -0.05) is 38.7 Å². The zero-order valence-corrected chi connectivity index (χ0v) is 20.6. The number of sulfonamides is 1. The Morgan fingerprint density at radius 3 is 2.25 bits per heavy atom. The number of nitrogens with zero attached hydrogens (tertiary/aromatic N) is 2. The molecule has 1 saturated carbocycles. The van der Waals surface area contributed by atoms with Crippen LogP contribution in [0.4, 0.5) is 5.69 Å². The summed E-state index contributed by atoms with van der Waals surface area (Å²) in [6.07, 6.45) is 6.75. The maximum absolute atomic E-state index is 13.7. The van der Waals surface area contributed by atoms with E-state index in [0.717, 1.165) is 36.8 Å². The summed E-state index contributed by atoms with van der Waals surface area (Å²) in [5, 5.41) is 3.17. The minimum atomic E-state index is -3.63. The van der Waals surface area contributed by atoms with Gasteiger partial charge in [0.05, 0.1) is 12.3 Å². The Hall–Kier alpha value is -1.93. The fourth-order valence-corrected chi connectivity index (χ4v) is 6.53. The zero-order valence-electron chi connectivity index (χ0n) is 19.8. The van der Waals surface area contributed by atoms with Crippen molar-refractivity contribution in [2.75, 3.05) is 23.7 Å². The summed E-state index contributed by atoms with van der Waals surface area (Å²) in [5.74, 6) is -0.697. The normalized spacial score (nSPS) is 23.8. The molecule has 1 aromatic carbocycles. The summed E-state index contributed by atoms with van der Waals surface area (Å²) in [6.45, 7) is 7.09. The predicted octanol–water partition coefficient (Wildman–Crippen LogP) is 3.29. The van der Waals surface area contributed by atoms with Gasteiger partial charge in [-0.15, -0.1) is 0 Å². The Kier molecular flexibility index (Phi) is 7.65. The minimum Gasteiger partial charge on any atom is -0.351 e. The first-order valence-corrected chi connectivity index (χ1v) is 13.4. The van der Waals surface area contributed by atoms with Gasteiger partial charge < -0.3 is 5.32 Å². The average Bonchev–Trinajstić information content (AvgIpc) is 2.95. The predicted molar refractivity (Wildman–Crippen MR) is 127 cm³/mol. The molecule has 1 aliphatic carbocycles. The summed E-state index contributed by atoms with van der Waals surface area (Å²) in [7, 11) is -3.63. The van der Waals surface area contributed by atoms with Gasteiger partial charge in [0, 0.05) is 18.3 Å². The fourth-order valence-electron chi connectivity index (χ4n) is 5.00. The third-order valence-corrected chi connectivity index (χ3v) is 8.51. The number of hydrogen-bond donors (Lipinski definition) is 1. The van der Waals surface area contributed by atoms with Gasteiger partial charge in [0.2, 0.25) is 21.8 Å². The third kappa shape index (κ3) is 5.34. The molecule has 3 rings (SSSR count). The first-order valence-electron chi connectivity index (χ1n) is 11.8. The van der Waals surface area contributed by atoms with E-state index >= 15 is 0 Å². The molecular weight excluding hydrogens is 426 g/mol. The molecule has 1 heterocycles. The van der Waals surface area contributed by atoms with Crippen LogP contribution in [0.1, 0.15) is 69.9 Å². The summed E-state index contributed by atoms with van der Waals surface area (Å²) >= 11 is 0. The lowest BCUT2D eigenvalue weighted by atomic mass is 9.93. The molecule has 8 heteroatoms. The van der Waals surface area contributed by atoms with Crippen LogP contribution in [0.3, 0.4) is 0 Å². The topological polar surface area (TPSA) is 86.8 Å². The van der Waals surface area contributed by atoms with Crippen LogP contribution in [0.2, 0.25) is 0 Å². The lowest BCUT2D eigenvalue weighted by molar-refractivity contribution is -0.133. The molecule has 7 nitrogen and oxygen atoms in total. The number of rotatable bonds is 6. The summed E-state index contributed by atoms with van der Waals surface area (Å²) in [5.41, 5.74) is 1.28. The molecule has 2 aliphatic rings. The minimum absolute atomic E-state index is 0.0375. The standard InChI is InChI=1S/C24H37N3O4S/c1-5-12-32(30,31)26-16-22(28)27(21-14-18(2)13-19(3)15-21)24(4,17-26)23(29)25-20-10-8-6-7-9-11-20/h13-15,20H,5-12,16-17H2,1-4H3,(H,25,29)/t24-/m1/s1. The molecule has 0 radical (unpaired) electrons. The van der Waals surface area contributed by atoms with Gasteiger partial charge in [-0.3, -0.25) is 14.5 Å². The van der Waals surface area contributed by atoms with Crippen molar-refractivity contribution in [3.05, 3.63) is 29.3 Å². The van der Waals surface area contributed by atoms with Crippen LogP contribution >= 0.6 is 0 Å². The average molecular weight is 464 g/mol. The van der Waals surface area contributed by atoms with Crippen LogP contribution in [-0.2, 0) is 19.6 Å². The molecule has 1 aromatic rings. The molecule has 1 atom stereocenters. The van der Waals surface area contributed by atoms with E-state index in [4.69, 9.17) is 0 Å². The zero-order chi connectivity index (χ0) is 23.5. The Morgan fingerprint density at radius 1 is 1.09 bits per heavy atom. The monoisotopic (exact) mass is 463 g/mol. The van der Waals surface area contributed by atoms with Crippen molar-refractivity contribution in [1.82, 2.24) is 9.62 Å². The quantitative estimate of drug-likeness (QED) is 0.656. The molecule has 0 spiro atoms. The van der Waals surface area contributed by atoms with Crippen molar-refractivity contribution in [2.45, 2.75) is 84.2 Å². The second kappa shape index (κ2) is 9.91. The lowest BCUT2D eigenvalue weighted by Crippen LogP contribution is -2.71. The maximum Gasteiger partial charge on any atom is 0.247 e. The number of aryl methyl sites for hydroxylation is 2. The SMILES string of the molecule is CCCS(=O)(=O)N1CC(=O)N(c2cc(C)cc(C)c2)[C@@](C)(C(=O)NC2CCCCCC2)C1. The van der Waals surface area contributed by atoms with E-state index < -0.39 is 15.6 Å². The number of benzene rings is 1. The van der Waals surface area contributed by atoms with Crippen LogP contribution in [-0.4, -0.2) is 55.0 Å². The summed E-state index contributed by atoms with van der Waals surface area (Å²) in [4.78, 5) is 28.6. The molecule has 2 amide bonds. The molecule has 32 heavy (non-hydrogen) atoms.